The van der Waals surface area contributed by atoms with Crippen LogP contribution >= 0.6 is 0 Å². The van der Waals surface area contributed by atoms with Gasteiger partial charge in [-0.15, -0.1) is 0 Å². The molecule has 0 heterocycles. The summed E-state index contributed by atoms with van der Waals surface area (Å²) in [7, 11) is 0. The smallest absolute Gasteiger partial charge is 0.339 e. The van der Waals surface area contributed by atoms with E-state index in [-0.39, 0.29) is 11.9 Å². The van der Waals surface area contributed by atoms with Gasteiger partial charge in [0.1, 0.15) is 0 Å². The lowest BCUT2D eigenvalue weighted by molar-refractivity contribution is -0.130. The molecule has 0 saturated heterocycles. The molecule has 1 N–H and O–H groups in total. The van der Waals surface area contributed by atoms with Gasteiger partial charge in [0.2, 0.25) is 0 Å². The molecule has 4 heteroatoms. The van der Waals surface area contributed by atoms with Crippen LogP contribution in [0.1, 0.15) is 58.4 Å². The summed E-state index contributed by atoms with van der Waals surface area (Å²) in [5, 5.41) is 3.04. The van der Waals surface area contributed by atoms with E-state index in [1.165, 1.54) is 11.1 Å². The van der Waals surface area contributed by atoms with Crippen LogP contribution in [0.2, 0.25) is 0 Å². The molecule has 2 atom stereocenters. The van der Waals surface area contributed by atoms with Crippen LogP contribution in [0.25, 0.3) is 0 Å². The number of carbonyl (C=O) groups excluding carboxylic acids is 2. The molecule has 1 aliphatic carbocycles. The third-order valence-electron chi connectivity index (χ3n) is 4.95. The largest absolute Gasteiger partial charge is 0.449 e. The summed E-state index contributed by atoms with van der Waals surface area (Å²) in [4.78, 5) is 25.0. The van der Waals surface area contributed by atoms with Crippen molar-refractivity contribution in [2.24, 2.45) is 0 Å². The van der Waals surface area contributed by atoms with Gasteiger partial charge in [0.25, 0.3) is 5.91 Å². The molecule has 0 saturated carbocycles. The molecule has 2 aromatic rings. The molecule has 0 fully saturated rings. The van der Waals surface area contributed by atoms with Crippen molar-refractivity contribution < 1.29 is 14.3 Å². The van der Waals surface area contributed by atoms with Gasteiger partial charge < -0.3 is 10.1 Å². The summed E-state index contributed by atoms with van der Waals surface area (Å²) in [6.07, 6.45) is 2.15. The van der Waals surface area contributed by atoms with Crippen LogP contribution in [-0.2, 0) is 16.0 Å². The monoisotopic (exact) mass is 351 g/mol. The van der Waals surface area contributed by atoms with Crippen molar-refractivity contribution >= 4 is 11.9 Å². The van der Waals surface area contributed by atoms with Crippen LogP contribution < -0.4 is 5.32 Å². The van der Waals surface area contributed by atoms with Crippen LogP contribution in [0.3, 0.4) is 0 Å². The second-order valence-electron chi connectivity index (χ2n) is 7.02. The highest BCUT2D eigenvalue weighted by molar-refractivity contribution is 5.93. The number of fused-ring (bicyclic) bond motifs is 1. The molecule has 0 radical (unpaired) electrons. The number of rotatable bonds is 4. The SMILES string of the molecule is Cc1ccc(C)c(C(=O)O[C@@H](C)C(=O)N[C@H]2CCCc3ccccc32)c1. The van der Waals surface area contributed by atoms with E-state index in [0.29, 0.717) is 5.56 Å². The molecular formula is C22H25NO3. The van der Waals surface area contributed by atoms with Crippen LogP contribution in [0.15, 0.2) is 42.5 Å². The van der Waals surface area contributed by atoms with E-state index >= 15 is 0 Å². The number of carbonyl (C=O) groups is 2. The molecule has 1 aliphatic rings. The number of esters is 1. The molecule has 0 spiro atoms. The highest BCUT2D eigenvalue weighted by Crippen LogP contribution is 2.29. The molecule has 4 nitrogen and oxygen atoms in total. The van der Waals surface area contributed by atoms with Gasteiger partial charge in [-0.2, -0.15) is 0 Å². The molecular weight excluding hydrogens is 326 g/mol. The van der Waals surface area contributed by atoms with Crippen molar-refractivity contribution in [3.8, 4) is 0 Å². The Morgan fingerprint density at radius 2 is 1.92 bits per heavy atom. The normalized spacial score (nSPS) is 17.1. The minimum atomic E-state index is -0.837. The maximum atomic E-state index is 12.6. The highest BCUT2D eigenvalue weighted by atomic mass is 16.5. The summed E-state index contributed by atoms with van der Waals surface area (Å²) in [5.41, 5.74) is 4.78. The first-order valence-corrected chi connectivity index (χ1v) is 9.12. The highest BCUT2D eigenvalue weighted by Gasteiger charge is 2.26. The molecule has 0 aromatic heterocycles. The molecule has 0 unspecified atom stereocenters. The third-order valence-corrected chi connectivity index (χ3v) is 4.95. The number of aryl methyl sites for hydroxylation is 3. The number of benzene rings is 2. The Kier molecular flexibility index (Phi) is 5.40. The Morgan fingerprint density at radius 3 is 2.73 bits per heavy atom. The number of nitrogens with one attached hydrogen (secondary N) is 1. The first-order chi connectivity index (χ1) is 12.5. The molecule has 0 bridgehead atoms. The maximum Gasteiger partial charge on any atom is 0.339 e. The third kappa shape index (κ3) is 3.96. The second kappa shape index (κ2) is 7.73. The Bertz CT molecular complexity index is 828. The summed E-state index contributed by atoms with van der Waals surface area (Å²) < 4.78 is 5.41. The van der Waals surface area contributed by atoms with E-state index in [4.69, 9.17) is 4.74 Å². The summed E-state index contributed by atoms with van der Waals surface area (Å²) in [6.45, 7) is 5.40. The fourth-order valence-corrected chi connectivity index (χ4v) is 3.43. The van der Waals surface area contributed by atoms with Gasteiger partial charge in [-0.3, -0.25) is 4.79 Å². The van der Waals surface area contributed by atoms with E-state index in [1.54, 1.807) is 13.0 Å². The average Bonchev–Trinajstić information content (AvgIpc) is 2.63. The Balaban J connectivity index is 1.65. The van der Waals surface area contributed by atoms with Gasteiger partial charge >= 0.3 is 5.97 Å². The van der Waals surface area contributed by atoms with Gasteiger partial charge in [0.05, 0.1) is 11.6 Å². The quantitative estimate of drug-likeness (QED) is 0.846. The average molecular weight is 351 g/mol. The van der Waals surface area contributed by atoms with Gasteiger partial charge in [0.15, 0.2) is 6.10 Å². The van der Waals surface area contributed by atoms with Crippen molar-refractivity contribution in [1.82, 2.24) is 5.32 Å². The van der Waals surface area contributed by atoms with Crippen molar-refractivity contribution in [3.05, 3.63) is 70.3 Å². The minimum absolute atomic E-state index is 0.0192. The summed E-state index contributed by atoms with van der Waals surface area (Å²) in [5.74, 6) is -0.719. The second-order valence-corrected chi connectivity index (χ2v) is 7.02. The van der Waals surface area contributed by atoms with E-state index in [1.807, 2.05) is 38.1 Å². The molecule has 3 rings (SSSR count). The lowest BCUT2D eigenvalue weighted by Crippen LogP contribution is -2.39. The molecule has 26 heavy (non-hydrogen) atoms. The Hall–Kier alpha value is -2.62. The predicted octanol–water partition coefficient (Wildman–Crippen LogP) is 4.04. The zero-order valence-corrected chi connectivity index (χ0v) is 15.5. The topological polar surface area (TPSA) is 55.4 Å². The van der Waals surface area contributed by atoms with Crippen LogP contribution in [0.5, 0.6) is 0 Å². The summed E-state index contributed by atoms with van der Waals surface area (Å²) in [6, 6.07) is 13.8. The van der Waals surface area contributed by atoms with Crippen molar-refractivity contribution in [2.45, 2.75) is 52.2 Å². The first kappa shape index (κ1) is 18.2. The van der Waals surface area contributed by atoms with Gasteiger partial charge in [0, 0.05) is 0 Å². The van der Waals surface area contributed by atoms with E-state index in [0.717, 1.165) is 30.4 Å². The van der Waals surface area contributed by atoms with Gasteiger partial charge in [-0.05, 0) is 62.8 Å². The minimum Gasteiger partial charge on any atom is -0.449 e. The van der Waals surface area contributed by atoms with Crippen molar-refractivity contribution in [3.63, 3.8) is 0 Å². The molecule has 1 amide bonds. The molecule has 0 aliphatic heterocycles. The number of hydrogen-bond acceptors (Lipinski definition) is 3. The zero-order valence-electron chi connectivity index (χ0n) is 15.5. The van der Waals surface area contributed by atoms with Crippen molar-refractivity contribution in [2.75, 3.05) is 0 Å². The maximum absolute atomic E-state index is 12.6. The first-order valence-electron chi connectivity index (χ1n) is 9.12. The van der Waals surface area contributed by atoms with Crippen LogP contribution in [0, 0.1) is 13.8 Å². The Morgan fingerprint density at radius 1 is 1.15 bits per heavy atom. The lowest BCUT2D eigenvalue weighted by Gasteiger charge is -2.27. The van der Waals surface area contributed by atoms with Crippen molar-refractivity contribution in [1.29, 1.82) is 0 Å². The molecule has 2 aromatic carbocycles. The van der Waals surface area contributed by atoms with E-state index in [9.17, 15) is 9.59 Å². The predicted molar refractivity (Wildman–Crippen MR) is 101 cm³/mol. The number of hydrogen-bond donors (Lipinski definition) is 1. The van der Waals surface area contributed by atoms with E-state index in [2.05, 4.69) is 17.4 Å². The zero-order chi connectivity index (χ0) is 18.7. The Labute approximate surface area is 154 Å². The van der Waals surface area contributed by atoms with E-state index < -0.39 is 12.1 Å². The fraction of sp³-hybridized carbons (Fsp3) is 0.364. The lowest BCUT2D eigenvalue weighted by atomic mass is 9.87. The van der Waals surface area contributed by atoms with Gasteiger partial charge in [-0.1, -0.05) is 42.0 Å². The van der Waals surface area contributed by atoms with Crippen LogP contribution in [0.4, 0.5) is 0 Å². The standard InChI is InChI=1S/C22H25NO3/c1-14-11-12-15(2)19(13-14)22(25)26-16(3)21(24)23-20-10-6-8-17-7-4-5-9-18(17)20/h4-5,7,9,11-13,16,20H,6,8,10H2,1-3H3,(H,23,24)/t16-,20-/m0/s1. The van der Waals surface area contributed by atoms with Crippen LogP contribution in [-0.4, -0.2) is 18.0 Å². The fourth-order valence-electron chi connectivity index (χ4n) is 3.43. The molecule has 136 valence electrons. The number of amides is 1. The van der Waals surface area contributed by atoms with Gasteiger partial charge in [-0.25, -0.2) is 4.79 Å². The summed E-state index contributed by atoms with van der Waals surface area (Å²) >= 11 is 0. The number of ether oxygens (including phenoxy) is 1.